The summed E-state index contributed by atoms with van der Waals surface area (Å²) in [6, 6.07) is 14.3. The number of likely N-dealkylation sites (N-methyl/N-ethyl adjacent to an activating group) is 1. The van der Waals surface area contributed by atoms with E-state index in [4.69, 9.17) is 0 Å². The van der Waals surface area contributed by atoms with E-state index in [0.29, 0.717) is 15.8 Å². The van der Waals surface area contributed by atoms with E-state index >= 15 is 0 Å². The lowest BCUT2D eigenvalue weighted by Gasteiger charge is -2.07. The fourth-order valence-electron chi connectivity index (χ4n) is 2.04. The number of amides is 1. The molecule has 1 fully saturated rings. The van der Waals surface area contributed by atoms with Gasteiger partial charge in [0, 0.05) is 11.5 Å². The molecular weight excluding hydrogens is 376 g/mol. The van der Waals surface area contributed by atoms with Crippen LogP contribution in [0.3, 0.4) is 0 Å². The van der Waals surface area contributed by atoms with E-state index in [-0.39, 0.29) is 11.7 Å². The molecule has 0 aromatic heterocycles. The summed E-state index contributed by atoms with van der Waals surface area (Å²) in [6.45, 7) is 0. The fraction of sp³-hybridized carbons (Fsp3) is 0.0588. The molecule has 1 N–H and O–H groups in total. The third kappa shape index (κ3) is 3.65. The zero-order valence-corrected chi connectivity index (χ0v) is 14.6. The monoisotopic (exact) mass is 388 g/mol. The number of hydrogen-bond acceptors (Lipinski definition) is 4. The van der Waals surface area contributed by atoms with Crippen LogP contribution in [-0.2, 0) is 4.79 Å². The number of aromatic hydroxyl groups is 1. The molecule has 0 saturated carbocycles. The Balaban J connectivity index is 1.89. The van der Waals surface area contributed by atoms with E-state index in [1.807, 2.05) is 30.3 Å². The normalized spacial score (nSPS) is 18.2. The molecule has 0 aliphatic carbocycles. The van der Waals surface area contributed by atoms with Crippen LogP contribution in [0, 0.1) is 0 Å². The molecule has 0 atom stereocenters. The summed E-state index contributed by atoms with van der Waals surface area (Å²) in [5, 5.41) is 9.92. The molecule has 1 aliphatic rings. The fourth-order valence-corrected chi connectivity index (χ4v) is 3.44. The van der Waals surface area contributed by atoms with Gasteiger partial charge in [-0.2, -0.15) is 0 Å². The van der Waals surface area contributed by atoms with Crippen LogP contribution in [-0.4, -0.2) is 28.1 Å². The first-order chi connectivity index (χ1) is 11.0. The summed E-state index contributed by atoms with van der Waals surface area (Å²) in [4.78, 5) is 19.0. The van der Waals surface area contributed by atoms with Gasteiger partial charge >= 0.3 is 0 Å². The van der Waals surface area contributed by atoms with E-state index in [1.165, 1.54) is 16.7 Å². The van der Waals surface area contributed by atoms with Crippen molar-refractivity contribution in [1.29, 1.82) is 0 Å². The van der Waals surface area contributed by atoms with Crippen molar-refractivity contribution in [3.8, 4) is 5.75 Å². The molecular formula is C17H13BrN2O2S. The minimum atomic E-state index is -0.0764. The highest BCUT2D eigenvalue weighted by atomic mass is 79.9. The number of benzene rings is 2. The third-order valence-corrected chi connectivity index (χ3v) is 4.78. The second-order valence-electron chi connectivity index (χ2n) is 4.94. The number of amidine groups is 1. The molecule has 2 aromatic rings. The molecule has 6 heteroatoms. The van der Waals surface area contributed by atoms with Crippen molar-refractivity contribution in [3.05, 3.63) is 63.5 Å². The average molecular weight is 389 g/mol. The minimum Gasteiger partial charge on any atom is -0.508 e. The minimum absolute atomic E-state index is 0.0764. The molecule has 3 rings (SSSR count). The lowest BCUT2D eigenvalue weighted by atomic mass is 10.2. The van der Waals surface area contributed by atoms with Crippen LogP contribution in [0.4, 0.5) is 5.69 Å². The molecule has 1 amide bonds. The second kappa shape index (κ2) is 6.60. The molecule has 0 spiro atoms. The van der Waals surface area contributed by atoms with Gasteiger partial charge in [0.05, 0.1) is 10.6 Å². The van der Waals surface area contributed by atoms with Crippen LogP contribution in [0.5, 0.6) is 5.75 Å². The number of thioether (sulfide) groups is 1. The molecule has 116 valence electrons. The SMILES string of the molecule is CN1C(=O)/C(=C/c2cccc(Br)c2)SC1=Nc1ccc(O)cc1. The largest absolute Gasteiger partial charge is 0.508 e. The van der Waals surface area contributed by atoms with Crippen LogP contribution < -0.4 is 0 Å². The Morgan fingerprint density at radius 3 is 2.65 bits per heavy atom. The maximum atomic E-state index is 12.4. The van der Waals surface area contributed by atoms with E-state index in [2.05, 4.69) is 20.9 Å². The molecule has 1 aliphatic heterocycles. The summed E-state index contributed by atoms with van der Waals surface area (Å²) >= 11 is 4.76. The van der Waals surface area contributed by atoms with Crippen molar-refractivity contribution in [2.45, 2.75) is 0 Å². The number of hydrogen-bond donors (Lipinski definition) is 1. The Labute approximate surface area is 146 Å². The number of rotatable bonds is 2. The Bertz CT molecular complexity index is 816. The Morgan fingerprint density at radius 1 is 1.22 bits per heavy atom. The standard InChI is InChI=1S/C17H13BrN2O2S/c1-20-16(22)15(10-11-3-2-4-12(18)9-11)23-17(20)19-13-5-7-14(21)8-6-13/h2-10,21H,1H3/b15-10-,19-17?. The first-order valence-corrected chi connectivity index (χ1v) is 8.45. The van der Waals surface area contributed by atoms with E-state index in [1.54, 1.807) is 31.3 Å². The number of carbonyl (C=O) groups excluding carboxylic acids is 1. The lowest BCUT2D eigenvalue weighted by molar-refractivity contribution is -0.121. The summed E-state index contributed by atoms with van der Waals surface area (Å²) in [7, 11) is 1.70. The van der Waals surface area contributed by atoms with Gasteiger partial charge in [-0.1, -0.05) is 28.1 Å². The van der Waals surface area contributed by atoms with E-state index < -0.39 is 0 Å². The number of phenolic OH excluding ortho intramolecular Hbond substituents is 1. The van der Waals surface area contributed by atoms with Gasteiger partial charge in [-0.15, -0.1) is 0 Å². The molecule has 0 radical (unpaired) electrons. The maximum Gasteiger partial charge on any atom is 0.266 e. The van der Waals surface area contributed by atoms with Crippen LogP contribution in [0.15, 0.2) is 62.9 Å². The van der Waals surface area contributed by atoms with Crippen molar-refractivity contribution in [2.24, 2.45) is 4.99 Å². The molecule has 23 heavy (non-hydrogen) atoms. The topological polar surface area (TPSA) is 52.9 Å². The van der Waals surface area contributed by atoms with Crippen molar-refractivity contribution >= 4 is 50.5 Å². The number of nitrogens with zero attached hydrogens (tertiary/aromatic N) is 2. The van der Waals surface area contributed by atoms with Crippen LogP contribution >= 0.6 is 27.7 Å². The van der Waals surface area contributed by atoms with Crippen molar-refractivity contribution in [3.63, 3.8) is 0 Å². The van der Waals surface area contributed by atoms with Gasteiger partial charge < -0.3 is 5.11 Å². The first kappa shape index (κ1) is 15.8. The van der Waals surface area contributed by atoms with Gasteiger partial charge in [0.15, 0.2) is 5.17 Å². The van der Waals surface area contributed by atoms with Gasteiger partial charge in [0.2, 0.25) is 0 Å². The highest BCUT2D eigenvalue weighted by Crippen LogP contribution is 2.33. The zero-order valence-electron chi connectivity index (χ0n) is 12.2. The highest BCUT2D eigenvalue weighted by Gasteiger charge is 2.30. The first-order valence-electron chi connectivity index (χ1n) is 6.84. The predicted molar refractivity (Wildman–Crippen MR) is 97.7 cm³/mol. The second-order valence-corrected chi connectivity index (χ2v) is 6.87. The zero-order chi connectivity index (χ0) is 16.4. The van der Waals surface area contributed by atoms with E-state index in [9.17, 15) is 9.90 Å². The van der Waals surface area contributed by atoms with Gasteiger partial charge in [-0.25, -0.2) is 4.99 Å². The number of phenols is 1. The van der Waals surface area contributed by atoms with Gasteiger partial charge in [-0.05, 0) is 59.8 Å². The van der Waals surface area contributed by atoms with Crippen LogP contribution in [0.1, 0.15) is 5.56 Å². The van der Waals surface area contributed by atoms with Gasteiger partial charge in [0.1, 0.15) is 5.75 Å². The summed E-state index contributed by atoms with van der Waals surface area (Å²) in [6.07, 6.45) is 1.85. The molecule has 2 aromatic carbocycles. The van der Waals surface area contributed by atoms with Gasteiger partial charge in [0.25, 0.3) is 5.91 Å². The van der Waals surface area contributed by atoms with Crippen LogP contribution in [0.25, 0.3) is 6.08 Å². The molecule has 1 saturated heterocycles. The maximum absolute atomic E-state index is 12.4. The summed E-state index contributed by atoms with van der Waals surface area (Å²) < 4.78 is 0.966. The van der Waals surface area contributed by atoms with Crippen molar-refractivity contribution in [1.82, 2.24) is 4.90 Å². The summed E-state index contributed by atoms with van der Waals surface area (Å²) in [5.41, 5.74) is 1.64. The van der Waals surface area contributed by atoms with Crippen molar-refractivity contribution < 1.29 is 9.90 Å². The quantitative estimate of drug-likeness (QED) is 0.776. The highest BCUT2D eigenvalue weighted by molar-refractivity contribution is 9.10. The van der Waals surface area contributed by atoms with Crippen molar-refractivity contribution in [2.75, 3.05) is 7.05 Å². The third-order valence-electron chi connectivity index (χ3n) is 3.22. The number of carbonyl (C=O) groups is 1. The Kier molecular flexibility index (Phi) is 4.54. The van der Waals surface area contributed by atoms with Gasteiger partial charge in [-0.3, -0.25) is 9.69 Å². The molecule has 1 heterocycles. The number of aliphatic imine (C=N–C) groups is 1. The average Bonchev–Trinajstić information content (AvgIpc) is 2.78. The van der Waals surface area contributed by atoms with Crippen LogP contribution in [0.2, 0.25) is 0 Å². The smallest absolute Gasteiger partial charge is 0.266 e. The Hall–Kier alpha value is -2.05. The molecule has 4 nitrogen and oxygen atoms in total. The Morgan fingerprint density at radius 2 is 1.96 bits per heavy atom. The lowest BCUT2D eigenvalue weighted by Crippen LogP contribution is -2.23. The molecule has 0 unspecified atom stereocenters. The molecule has 0 bridgehead atoms. The van der Waals surface area contributed by atoms with E-state index in [0.717, 1.165) is 10.0 Å². The summed E-state index contributed by atoms with van der Waals surface area (Å²) in [5.74, 6) is 0.111. The number of halogens is 1. The predicted octanol–water partition coefficient (Wildman–Crippen LogP) is 4.39.